The fraction of sp³-hybridized carbons (Fsp3) is 0.571. The van der Waals surface area contributed by atoms with Crippen LogP contribution in [0.25, 0.3) is 0 Å². The number of Topliss-reactive ketones (excluding diaryl/α,β-unsaturated/α-hetero) is 1. The molecule has 0 amide bonds. The Morgan fingerprint density at radius 3 is 2.75 bits per heavy atom. The summed E-state index contributed by atoms with van der Waals surface area (Å²) in [6.45, 7) is 3.56. The molecule has 44 valence electrons. The minimum Gasteiger partial charge on any atom is -0.299 e. The largest absolute Gasteiger partial charge is 0.299 e. The standard InChI is InChI=1S/C7H10O/c1-2-3-6-4-5-7(6)8/h2,6H,1,3-5H2/t6-/m1/s1. The van der Waals surface area contributed by atoms with Gasteiger partial charge in [-0.2, -0.15) is 0 Å². The first-order valence-electron chi connectivity index (χ1n) is 2.98. The molecule has 0 aromatic rings. The predicted molar refractivity (Wildman–Crippen MR) is 32.5 cm³/mol. The van der Waals surface area contributed by atoms with Gasteiger partial charge in [0.25, 0.3) is 0 Å². The molecule has 8 heavy (non-hydrogen) atoms. The summed E-state index contributed by atoms with van der Waals surface area (Å²) in [5.41, 5.74) is 0. The average Bonchev–Trinajstić information content (AvgIpc) is 1.79. The highest BCUT2D eigenvalue weighted by molar-refractivity contribution is 5.86. The lowest BCUT2D eigenvalue weighted by Gasteiger charge is -2.21. The van der Waals surface area contributed by atoms with Crippen LogP contribution in [-0.4, -0.2) is 5.78 Å². The molecule has 0 bridgehead atoms. The molecule has 0 N–H and O–H groups in total. The molecule has 0 heterocycles. The summed E-state index contributed by atoms with van der Waals surface area (Å²) in [5, 5.41) is 0. The van der Waals surface area contributed by atoms with E-state index in [0.29, 0.717) is 11.7 Å². The van der Waals surface area contributed by atoms with Crippen LogP contribution in [0.3, 0.4) is 0 Å². The Morgan fingerprint density at radius 2 is 2.62 bits per heavy atom. The quantitative estimate of drug-likeness (QED) is 0.493. The van der Waals surface area contributed by atoms with E-state index < -0.39 is 0 Å². The number of carbonyl (C=O) groups is 1. The fourth-order valence-corrected chi connectivity index (χ4v) is 0.917. The van der Waals surface area contributed by atoms with E-state index in [-0.39, 0.29) is 0 Å². The van der Waals surface area contributed by atoms with Crippen LogP contribution in [0.5, 0.6) is 0 Å². The highest BCUT2D eigenvalue weighted by Crippen LogP contribution is 2.25. The molecule has 0 aliphatic heterocycles. The Kier molecular flexibility index (Phi) is 1.47. The molecule has 0 aromatic carbocycles. The third-order valence-corrected chi connectivity index (χ3v) is 1.65. The molecule has 1 rings (SSSR count). The molecule has 1 heteroatoms. The molecule has 0 aromatic heterocycles. The van der Waals surface area contributed by atoms with Gasteiger partial charge in [0, 0.05) is 12.3 Å². The van der Waals surface area contributed by atoms with Gasteiger partial charge in [-0.1, -0.05) is 6.08 Å². The summed E-state index contributed by atoms with van der Waals surface area (Å²) in [4.78, 5) is 10.6. The molecule has 1 fully saturated rings. The van der Waals surface area contributed by atoms with Crippen LogP contribution in [0.2, 0.25) is 0 Å². The van der Waals surface area contributed by atoms with E-state index in [2.05, 4.69) is 6.58 Å². The van der Waals surface area contributed by atoms with Crippen molar-refractivity contribution in [3.05, 3.63) is 12.7 Å². The van der Waals surface area contributed by atoms with E-state index >= 15 is 0 Å². The van der Waals surface area contributed by atoms with Gasteiger partial charge in [-0.15, -0.1) is 6.58 Å². The zero-order valence-corrected chi connectivity index (χ0v) is 4.89. The number of rotatable bonds is 2. The van der Waals surface area contributed by atoms with Crippen LogP contribution in [0.1, 0.15) is 19.3 Å². The fourth-order valence-electron chi connectivity index (χ4n) is 0.917. The Hall–Kier alpha value is -0.590. The predicted octanol–water partition coefficient (Wildman–Crippen LogP) is 1.54. The molecule has 0 unspecified atom stereocenters. The van der Waals surface area contributed by atoms with Crippen molar-refractivity contribution in [3.63, 3.8) is 0 Å². The van der Waals surface area contributed by atoms with E-state index in [1.54, 1.807) is 0 Å². The summed E-state index contributed by atoms with van der Waals surface area (Å²) >= 11 is 0. The highest BCUT2D eigenvalue weighted by atomic mass is 16.1. The van der Waals surface area contributed by atoms with Gasteiger partial charge in [0.05, 0.1) is 0 Å². The van der Waals surface area contributed by atoms with Crippen LogP contribution >= 0.6 is 0 Å². The van der Waals surface area contributed by atoms with Crippen molar-refractivity contribution in [1.29, 1.82) is 0 Å². The first-order chi connectivity index (χ1) is 3.84. The second-order valence-corrected chi connectivity index (χ2v) is 2.23. The van der Waals surface area contributed by atoms with Crippen molar-refractivity contribution in [2.75, 3.05) is 0 Å². The number of allylic oxidation sites excluding steroid dienone is 1. The van der Waals surface area contributed by atoms with E-state index in [0.717, 1.165) is 19.3 Å². The number of hydrogen-bond donors (Lipinski definition) is 0. The molecule has 1 atom stereocenters. The maximum Gasteiger partial charge on any atom is 0.136 e. The minimum absolute atomic E-state index is 0.340. The molecular weight excluding hydrogens is 100 g/mol. The van der Waals surface area contributed by atoms with Crippen molar-refractivity contribution in [3.8, 4) is 0 Å². The smallest absolute Gasteiger partial charge is 0.136 e. The van der Waals surface area contributed by atoms with Gasteiger partial charge >= 0.3 is 0 Å². The van der Waals surface area contributed by atoms with Crippen molar-refractivity contribution in [2.24, 2.45) is 5.92 Å². The second kappa shape index (κ2) is 2.12. The first-order valence-corrected chi connectivity index (χ1v) is 2.98. The molecule has 1 aliphatic carbocycles. The van der Waals surface area contributed by atoms with E-state index in [1.165, 1.54) is 0 Å². The maximum atomic E-state index is 10.6. The molecule has 1 saturated carbocycles. The van der Waals surface area contributed by atoms with E-state index in [4.69, 9.17) is 0 Å². The third kappa shape index (κ3) is 0.808. The second-order valence-electron chi connectivity index (χ2n) is 2.23. The Labute approximate surface area is 49.4 Å². The normalized spacial score (nSPS) is 27.0. The van der Waals surface area contributed by atoms with E-state index in [1.807, 2.05) is 6.08 Å². The summed E-state index contributed by atoms with van der Waals surface area (Å²) in [7, 11) is 0. The van der Waals surface area contributed by atoms with Crippen LogP contribution < -0.4 is 0 Å². The lowest BCUT2D eigenvalue weighted by atomic mass is 9.81. The topological polar surface area (TPSA) is 17.1 Å². The van der Waals surface area contributed by atoms with Gasteiger partial charge in [-0.05, 0) is 12.8 Å². The zero-order valence-electron chi connectivity index (χ0n) is 4.89. The summed E-state index contributed by atoms with van der Waals surface area (Å²) in [6, 6.07) is 0. The van der Waals surface area contributed by atoms with Crippen LogP contribution in [-0.2, 0) is 4.79 Å². The van der Waals surface area contributed by atoms with Gasteiger partial charge in [-0.25, -0.2) is 0 Å². The van der Waals surface area contributed by atoms with Gasteiger partial charge in [0.2, 0.25) is 0 Å². The van der Waals surface area contributed by atoms with Gasteiger partial charge in [0.1, 0.15) is 5.78 Å². The maximum absolute atomic E-state index is 10.6. The molecule has 0 radical (unpaired) electrons. The molecule has 0 spiro atoms. The zero-order chi connectivity index (χ0) is 5.98. The Balaban J connectivity index is 2.26. The Morgan fingerprint density at radius 1 is 1.88 bits per heavy atom. The molecular formula is C7H10O. The SMILES string of the molecule is C=CC[C@@H]1CCC1=O. The highest BCUT2D eigenvalue weighted by Gasteiger charge is 2.25. The average molecular weight is 110 g/mol. The third-order valence-electron chi connectivity index (χ3n) is 1.65. The molecule has 0 saturated heterocycles. The van der Waals surface area contributed by atoms with Crippen molar-refractivity contribution in [2.45, 2.75) is 19.3 Å². The van der Waals surface area contributed by atoms with Crippen molar-refractivity contribution in [1.82, 2.24) is 0 Å². The van der Waals surface area contributed by atoms with Gasteiger partial charge in [-0.3, -0.25) is 4.79 Å². The summed E-state index contributed by atoms with van der Waals surface area (Å²) < 4.78 is 0. The van der Waals surface area contributed by atoms with Gasteiger partial charge in [0.15, 0.2) is 0 Å². The lowest BCUT2D eigenvalue weighted by molar-refractivity contribution is -0.128. The molecule has 1 nitrogen and oxygen atoms in total. The minimum atomic E-state index is 0.340. The number of ketones is 1. The van der Waals surface area contributed by atoms with Gasteiger partial charge < -0.3 is 0 Å². The monoisotopic (exact) mass is 110 g/mol. The first kappa shape index (κ1) is 5.54. The lowest BCUT2D eigenvalue weighted by Crippen LogP contribution is -2.24. The van der Waals surface area contributed by atoms with E-state index in [9.17, 15) is 4.79 Å². The summed E-state index contributed by atoms with van der Waals surface area (Å²) in [6.07, 6.45) is 4.60. The van der Waals surface area contributed by atoms with Crippen LogP contribution in [0.4, 0.5) is 0 Å². The molecule has 1 aliphatic rings. The number of carbonyl (C=O) groups excluding carboxylic acids is 1. The van der Waals surface area contributed by atoms with Crippen molar-refractivity contribution >= 4 is 5.78 Å². The van der Waals surface area contributed by atoms with Crippen LogP contribution in [0, 0.1) is 5.92 Å². The van der Waals surface area contributed by atoms with Crippen molar-refractivity contribution < 1.29 is 4.79 Å². The van der Waals surface area contributed by atoms with Crippen LogP contribution in [0.15, 0.2) is 12.7 Å². The summed E-state index contributed by atoms with van der Waals surface area (Å²) in [5.74, 6) is 0.761. The number of hydrogen-bond acceptors (Lipinski definition) is 1. The Bertz CT molecular complexity index is 116.